The number of aryl methyl sites for hydroxylation is 1. The average Bonchev–Trinajstić information content (AvgIpc) is 2.83. The molecule has 0 saturated carbocycles. The second-order valence-corrected chi connectivity index (χ2v) is 4.56. The molecule has 0 aliphatic heterocycles. The van der Waals surface area contributed by atoms with Gasteiger partial charge in [-0.2, -0.15) is 10.4 Å². The first kappa shape index (κ1) is 12.2. The first-order chi connectivity index (χ1) is 9.69. The van der Waals surface area contributed by atoms with Gasteiger partial charge in [-0.3, -0.25) is 0 Å². The third-order valence-electron chi connectivity index (χ3n) is 3.19. The van der Waals surface area contributed by atoms with Gasteiger partial charge in [-0.15, -0.1) is 0 Å². The second kappa shape index (κ2) is 4.67. The van der Waals surface area contributed by atoms with Crippen molar-refractivity contribution < 1.29 is 5.11 Å². The lowest BCUT2D eigenvalue weighted by Gasteiger charge is -2.02. The summed E-state index contributed by atoms with van der Waals surface area (Å²) in [6.07, 6.45) is 0.616. The van der Waals surface area contributed by atoms with E-state index in [9.17, 15) is 5.11 Å². The maximum absolute atomic E-state index is 9.78. The molecule has 1 aromatic carbocycles. The van der Waals surface area contributed by atoms with Crippen LogP contribution in [0, 0.1) is 18.3 Å². The molecule has 3 aromatic rings. The van der Waals surface area contributed by atoms with Crippen molar-refractivity contribution in [3.63, 3.8) is 0 Å². The first-order valence-electron chi connectivity index (χ1n) is 6.21. The SMILES string of the molecule is Cc1c(C#N)c(O)cc2nc(Cc3ccccc3)nn12. The third kappa shape index (κ3) is 1.97. The van der Waals surface area contributed by atoms with Crippen LogP contribution in [0.4, 0.5) is 0 Å². The lowest BCUT2D eigenvalue weighted by Crippen LogP contribution is -1.98. The van der Waals surface area contributed by atoms with E-state index in [1.54, 1.807) is 11.4 Å². The fourth-order valence-corrected chi connectivity index (χ4v) is 2.19. The van der Waals surface area contributed by atoms with Gasteiger partial charge in [0.2, 0.25) is 0 Å². The molecule has 98 valence electrons. The van der Waals surface area contributed by atoms with Crippen LogP contribution in [0.25, 0.3) is 5.65 Å². The summed E-state index contributed by atoms with van der Waals surface area (Å²) in [6.45, 7) is 1.74. The van der Waals surface area contributed by atoms with Crippen molar-refractivity contribution in [2.45, 2.75) is 13.3 Å². The van der Waals surface area contributed by atoms with Gasteiger partial charge >= 0.3 is 0 Å². The van der Waals surface area contributed by atoms with E-state index in [2.05, 4.69) is 10.1 Å². The van der Waals surface area contributed by atoms with Gasteiger partial charge < -0.3 is 5.11 Å². The van der Waals surface area contributed by atoms with E-state index in [0.717, 1.165) is 5.56 Å². The summed E-state index contributed by atoms with van der Waals surface area (Å²) in [4.78, 5) is 4.39. The Bertz CT molecular complexity index is 815. The zero-order chi connectivity index (χ0) is 14.1. The van der Waals surface area contributed by atoms with E-state index in [1.807, 2.05) is 36.4 Å². The minimum absolute atomic E-state index is 0.0591. The maximum Gasteiger partial charge on any atom is 0.159 e. The second-order valence-electron chi connectivity index (χ2n) is 4.56. The number of rotatable bonds is 2. The minimum Gasteiger partial charge on any atom is -0.506 e. The molecule has 2 heterocycles. The summed E-state index contributed by atoms with van der Waals surface area (Å²) < 4.78 is 1.59. The van der Waals surface area contributed by atoms with Gasteiger partial charge in [-0.05, 0) is 12.5 Å². The highest BCUT2D eigenvalue weighted by atomic mass is 16.3. The molecule has 0 amide bonds. The van der Waals surface area contributed by atoms with Crippen molar-refractivity contribution in [1.29, 1.82) is 5.26 Å². The monoisotopic (exact) mass is 264 g/mol. The predicted octanol–water partition coefficient (Wildman–Crippen LogP) is 2.21. The Hall–Kier alpha value is -2.87. The van der Waals surface area contributed by atoms with Crippen molar-refractivity contribution in [1.82, 2.24) is 14.6 Å². The number of nitriles is 1. The van der Waals surface area contributed by atoms with Gasteiger partial charge in [0.1, 0.15) is 17.4 Å². The van der Waals surface area contributed by atoms with Crippen molar-refractivity contribution in [2.24, 2.45) is 0 Å². The number of pyridine rings is 1. The molecule has 0 spiro atoms. The summed E-state index contributed by atoms with van der Waals surface area (Å²) in [5.74, 6) is 0.602. The highest BCUT2D eigenvalue weighted by Gasteiger charge is 2.13. The summed E-state index contributed by atoms with van der Waals surface area (Å²) >= 11 is 0. The topological polar surface area (TPSA) is 74.2 Å². The molecule has 1 N–H and O–H groups in total. The molecule has 0 unspecified atom stereocenters. The smallest absolute Gasteiger partial charge is 0.159 e. The van der Waals surface area contributed by atoms with Gasteiger partial charge in [0.15, 0.2) is 11.5 Å². The van der Waals surface area contributed by atoms with Crippen molar-refractivity contribution >= 4 is 5.65 Å². The number of aromatic hydroxyl groups is 1. The molecular formula is C15H12N4O. The zero-order valence-corrected chi connectivity index (χ0v) is 10.9. The van der Waals surface area contributed by atoms with E-state index < -0.39 is 0 Å². The Morgan fingerprint density at radius 2 is 2.05 bits per heavy atom. The fourth-order valence-electron chi connectivity index (χ4n) is 2.19. The van der Waals surface area contributed by atoms with Crippen LogP contribution in [-0.4, -0.2) is 19.7 Å². The van der Waals surface area contributed by atoms with E-state index >= 15 is 0 Å². The third-order valence-corrected chi connectivity index (χ3v) is 3.19. The van der Waals surface area contributed by atoms with Crippen molar-refractivity contribution in [3.05, 3.63) is 59.0 Å². The standard InChI is InChI=1S/C15H12N4O/c1-10-12(9-16)13(20)8-15-17-14(18-19(10)15)7-11-5-3-2-4-6-11/h2-6,8,20H,7H2,1H3. The minimum atomic E-state index is -0.0591. The van der Waals surface area contributed by atoms with Gasteiger partial charge in [0.05, 0.1) is 5.69 Å². The first-order valence-corrected chi connectivity index (χ1v) is 6.21. The number of benzene rings is 1. The van der Waals surface area contributed by atoms with Gasteiger partial charge in [0, 0.05) is 12.5 Å². The Labute approximate surface area is 115 Å². The molecule has 5 nitrogen and oxygen atoms in total. The number of fused-ring (bicyclic) bond motifs is 1. The number of hydrogen-bond donors (Lipinski definition) is 1. The Morgan fingerprint density at radius 3 is 2.75 bits per heavy atom. The highest BCUT2D eigenvalue weighted by Crippen LogP contribution is 2.22. The molecule has 0 radical (unpaired) electrons. The summed E-state index contributed by atoms with van der Waals surface area (Å²) in [7, 11) is 0. The zero-order valence-electron chi connectivity index (χ0n) is 10.9. The Kier molecular flexibility index (Phi) is 2.84. The summed E-state index contributed by atoms with van der Waals surface area (Å²) in [6, 6.07) is 13.4. The van der Waals surface area contributed by atoms with E-state index in [1.165, 1.54) is 6.07 Å². The molecule has 2 aromatic heterocycles. The normalized spacial score (nSPS) is 10.6. The predicted molar refractivity (Wildman–Crippen MR) is 73.4 cm³/mol. The van der Waals surface area contributed by atoms with E-state index in [4.69, 9.17) is 5.26 Å². The van der Waals surface area contributed by atoms with Gasteiger partial charge in [-0.25, -0.2) is 9.50 Å². The lowest BCUT2D eigenvalue weighted by atomic mass is 10.1. The number of aromatic nitrogens is 3. The molecule has 0 atom stereocenters. The molecule has 0 saturated heterocycles. The molecule has 0 aliphatic carbocycles. The van der Waals surface area contributed by atoms with Crippen LogP contribution >= 0.6 is 0 Å². The van der Waals surface area contributed by atoms with Crippen LogP contribution in [0.15, 0.2) is 36.4 Å². The van der Waals surface area contributed by atoms with Crippen LogP contribution < -0.4 is 0 Å². The quantitative estimate of drug-likeness (QED) is 0.770. The number of nitrogens with zero attached hydrogens (tertiary/aromatic N) is 4. The van der Waals surface area contributed by atoms with Gasteiger partial charge in [0.25, 0.3) is 0 Å². The van der Waals surface area contributed by atoms with Crippen LogP contribution in [0.1, 0.15) is 22.6 Å². The largest absolute Gasteiger partial charge is 0.506 e. The van der Waals surface area contributed by atoms with E-state index in [0.29, 0.717) is 23.6 Å². The lowest BCUT2D eigenvalue weighted by molar-refractivity contribution is 0.472. The fraction of sp³-hybridized carbons (Fsp3) is 0.133. The van der Waals surface area contributed by atoms with Crippen LogP contribution in [0.3, 0.4) is 0 Å². The highest BCUT2D eigenvalue weighted by molar-refractivity contribution is 5.54. The van der Waals surface area contributed by atoms with E-state index in [-0.39, 0.29) is 11.3 Å². The summed E-state index contributed by atoms with van der Waals surface area (Å²) in [5, 5.41) is 23.2. The Balaban J connectivity index is 2.08. The Morgan fingerprint density at radius 1 is 1.30 bits per heavy atom. The molecule has 0 bridgehead atoms. The van der Waals surface area contributed by atoms with Gasteiger partial charge in [-0.1, -0.05) is 30.3 Å². The molecule has 0 fully saturated rings. The molecule has 5 heteroatoms. The number of hydrogen-bond acceptors (Lipinski definition) is 4. The molecule has 3 rings (SSSR count). The average molecular weight is 264 g/mol. The maximum atomic E-state index is 9.78. The van der Waals surface area contributed by atoms with Crippen LogP contribution in [0.5, 0.6) is 5.75 Å². The molecule has 20 heavy (non-hydrogen) atoms. The molecular weight excluding hydrogens is 252 g/mol. The van der Waals surface area contributed by atoms with Crippen LogP contribution in [-0.2, 0) is 6.42 Å². The van der Waals surface area contributed by atoms with Crippen molar-refractivity contribution in [3.8, 4) is 11.8 Å². The summed E-state index contributed by atoms with van der Waals surface area (Å²) in [5.41, 5.74) is 2.48. The van der Waals surface area contributed by atoms with Crippen molar-refractivity contribution in [2.75, 3.05) is 0 Å². The van der Waals surface area contributed by atoms with Crippen LogP contribution in [0.2, 0.25) is 0 Å². The molecule has 0 aliphatic rings.